The number of para-hydroxylation sites is 1. The molecule has 0 radical (unpaired) electrons. The lowest BCUT2D eigenvalue weighted by atomic mass is 10.1. The van der Waals surface area contributed by atoms with E-state index in [4.69, 9.17) is 4.74 Å². The van der Waals surface area contributed by atoms with Crippen molar-refractivity contribution >= 4 is 23.2 Å². The molecule has 0 saturated carbocycles. The highest BCUT2D eigenvalue weighted by molar-refractivity contribution is 5.98. The van der Waals surface area contributed by atoms with Crippen LogP contribution in [0.4, 0.5) is 11.4 Å². The fraction of sp³-hybridized carbons (Fsp3) is 0.548. The summed E-state index contributed by atoms with van der Waals surface area (Å²) in [7, 11) is 3.71. The van der Waals surface area contributed by atoms with Crippen LogP contribution in [0.2, 0.25) is 0 Å². The van der Waals surface area contributed by atoms with E-state index in [1.165, 1.54) is 19.3 Å². The number of hydrogen-bond acceptors (Lipinski definition) is 5. The minimum absolute atomic E-state index is 0.0387. The second-order valence-corrected chi connectivity index (χ2v) is 11.1. The van der Waals surface area contributed by atoms with E-state index in [2.05, 4.69) is 36.8 Å². The Hall–Kier alpha value is -3.06. The number of methoxy groups -OCH3 is 1. The van der Waals surface area contributed by atoms with E-state index in [0.717, 1.165) is 49.5 Å². The summed E-state index contributed by atoms with van der Waals surface area (Å²) in [6.07, 6.45) is 5.00. The first-order valence-electron chi connectivity index (χ1n) is 14.2. The van der Waals surface area contributed by atoms with Crippen molar-refractivity contribution in [1.82, 2.24) is 9.80 Å². The Morgan fingerprint density at radius 2 is 1.66 bits per heavy atom. The molecule has 1 fully saturated rings. The molecule has 0 spiro atoms. The number of carbonyl (C=O) groups excluding carboxylic acids is 2. The standard InChI is InChI=1S/C31H44N4O3/c1-24(2)21-30(36)35-18-10-15-32(3)19-20-34(23-25-11-6-7-12-28(25)35)31(37)27-22-26(13-14-29(27)38-4)33-16-8-5-9-17-33/h6-7,11-14,22,24H,5,8-10,15-21,23H2,1-4H3. The lowest BCUT2D eigenvalue weighted by Gasteiger charge is -2.31. The van der Waals surface area contributed by atoms with Crippen molar-refractivity contribution < 1.29 is 14.3 Å². The van der Waals surface area contributed by atoms with Gasteiger partial charge < -0.3 is 24.3 Å². The predicted molar refractivity (Wildman–Crippen MR) is 154 cm³/mol. The van der Waals surface area contributed by atoms with Gasteiger partial charge in [-0.3, -0.25) is 9.59 Å². The predicted octanol–water partition coefficient (Wildman–Crippen LogP) is 5.04. The summed E-state index contributed by atoms with van der Waals surface area (Å²) in [6, 6.07) is 14.0. The van der Waals surface area contributed by atoms with Gasteiger partial charge in [0.2, 0.25) is 5.91 Å². The van der Waals surface area contributed by atoms with Crippen LogP contribution in [0.25, 0.3) is 0 Å². The molecule has 1 saturated heterocycles. The Morgan fingerprint density at radius 3 is 2.39 bits per heavy atom. The summed E-state index contributed by atoms with van der Waals surface area (Å²) in [5, 5.41) is 0. The largest absolute Gasteiger partial charge is 0.496 e. The van der Waals surface area contributed by atoms with E-state index >= 15 is 0 Å². The second-order valence-electron chi connectivity index (χ2n) is 11.1. The molecule has 0 aliphatic carbocycles. The molecule has 0 unspecified atom stereocenters. The van der Waals surface area contributed by atoms with Gasteiger partial charge in [-0.2, -0.15) is 0 Å². The quantitative estimate of drug-likeness (QED) is 0.553. The molecule has 206 valence electrons. The number of ether oxygens (including phenoxy) is 1. The molecule has 2 aromatic rings. The summed E-state index contributed by atoms with van der Waals surface area (Å²) in [5.41, 5.74) is 3.58. The van der Waals surface area contributed by atoms with Gasteiger partial charge in [-0.25, -0.2) is 0 Å². The highest BCUT2D eigenvalue weighted by Crippen LogP contribution is 2.30. The number of rotatable bonds is 5. The molecule has 7 heteroatoms. The van der Waals surface area contributed by atoms with Crippen LogP contribution >= 0.6 is 0 Å². The minimum Gasteiger partial charge on any atom is -0.496 e. The molecule has 2 amide bonds. The van der Waals surface area contributed by atoms with E-state index in [1.54, 1.807) is 7.11 Å². The Kier molecular flexibility index (Phi) is 9.67. The van der Waals surface area contributed by atoms with Crippen LogP contribution in [0.15, 0.2) is 42.5 Å². The van der Waals surface area contributed by atoms with Crippen molar-refractivity contribution in [1.29, 1.82) is 0 Å². The van der Waals surface area contributed by atoms with Gasteiger partial charge >= 0.3 is 0 Å². The van der Waals surface area contributed by atoms with Crippen molar-refractivity contribution in [2.75, 3.05) is 63.2 Å². The number of likely N-dealkylation sites (N-methyl/N-ethyl adjacent to an activating group) is 1. The van der Waals surface area contributed by atoms with Crippen LogP contribution in [-0.4, -0.2) is 75.0 Å². The summed E-state index contributed by atoms with van der Waals surface area (Å²) in [6.45, 7) is 9.53. The number of amides is 2. The number of hydrogen-bond donors (Lipinski definition) is 0. The number of fused-ring (bicyclic) bond motifs is 1. The zero-order valence-corrected chi connectivity index (χ0v) is 23.6. The minimum atomic E-state index is -0.0387. The topological polar surface area (TPSA) is 56.3 Å². The van der Waals surface area contributed by atoms with Gasteiger partial charge in [0.25, 0.3) is 5.91 Å². The van der Waals surface area contributed by atoms with Gasteiger partial charge in [-0.1, -0.05) is 32.0 Å². The van der Waals surface area contributed by atoms with Crippen molar-refractivity contribution in [2.45, 2.75) is 52.5 Å². The molecular formula is C31H44N4O3. The highest BCUT2D eigenvalue weighted by atomic mass is 16.5. The van der Waals surface area contributed by atoms with Gasteiger partial charge in [-0.05, 0) is 75.0 Å². The Bertz CT molecular complexity index is 1100. The number of anilines is 2. The fourth-order valence-electron chi connectivity index (χ4n) is 5.49. The lowest BCUT2D eigenvalue weighted by molar-refractivity contribution is -0.119. The van der Waals surface area contributed by atoms with Crippen LogP contribution in [0.3, 0.4) is 0 Å². The first kappa shape index (κ1) is 28.0. The molecule has 2 aromatic carbocycles. The van der Waals surface area contributed by atoms with E-state index in [0.29, 0.717) is 37.4 Å². The van der Waals surface area contributed by atoms with Crippen LogP contribution in [0, 0.1) is 5.92 Å². The van der Waals surface area contributed by atoms with Crippen molar-refractivity contribution in [3.8, 4) is 5.75 Å². The van der Waals surface area contributed by atoms with Gasteiger partial charge in [0.05, 0.1) is 12.7 Å². The summed E-state index contributed by atoms with van der Waals surface area (Å²) < 4.78 is 5.67. The average molecular weight is 521 g/mol. The summed E-state index contributed by atoms with van der Waals surface area (Å²) >= 11 is 0. The maximum Gasteiger partial charge on any atom is 0.258 e. The zero-order valence-electron chi connectivity index (χ0n) is 23.6. The zero-order chi connectivity index (χ0) is 27.1. The third kappa shape index (κ3) is 6.87. The van der Waals surface area contributed by atoms with Crippen LogP contribution in [0.1, 0.15) is 61.9 Å². The van der Waals surface area contributed by atoms with Crippen LogP contribution in [-0.2, 0) is 11.3 Å². The molecule has 0 aromatic heterocycles. The third-order valence-electron chi connectivity index (χ3n) is 7.62. The Morgan fingerprint density at radius 1 is 0.895 bits per heavy atom. The second kappa shape index (κ2) is 13.1. The molecule has 2 heterocycles. The van der Waals surface area contributed by atoms with Gasteiger partial charge in [0.15, 0.2) is 0 Å². The molecule has 7 nitrogen and oxygen atoms in total. The molecule has 38 heavy (non-hydrogen) atoms. The maximum absolute atomic E-state index is 14.2. The highest BCUT2D eigenvalue weighted by Gasteiger charge is 2.26. The van der Waals surface area contributed by atoms with Gasteiger partial charge in [0.1, 0.15) is 5.75 Å². The molecule has 0 bridgehead atoms. The summed E-state index contributed by atoms with van der Waals surface area (Å²) in [5.74, 6) is 0.986. The normalized spacial score (nSPS) is 17.7. The lowest BCUT2D eigenvalue weighted by Crippen LogP contribution is -2.37. The molecule has 0 atom stereocenters. The number of nitrogens with zero attached hydrogens (tertiary/aromatic N) is 4. The Balaban J connectivity index is 1.69. The Labute approximate surface area is 228 Å². The molecule has 0 N–H and O–H groups in total. The SMILES string of the molecule is COc1ccc(N2CCCCC2)cc1C(=O)N1CCN(C)CCCN(C(=O)CC(C)C)c2ccccc2C1. The van der Waals surface area contributed by atoms with E-state index in [9.17, 15) is 9.59 Å². The summed E-state index contributed by atoms with van der Waals surface area (Å²) in [4.78, 5) is 36.0. The first-order valence-corrected chi connectivity index (χ1v) is 14.2. The number of piperidine rings is 1. The van der Waals surface area contributed by atoms with Crippen LogP contribution in [0.5, 0.6) is 5.75 Å². The number of carbonyl (C=O) groups is 2. The van der Waals surface area contributed by atoms with E-state index < -0.39 is 0 Å². The molecule has 4 rings (SSSR count). The molecule has 2 aliphatic heterocycles. The maximum atomic E-state index is 14.2. The first-order chi connectivity index (χ1) is 18.4. The van der Waals surface area contributed by atoms with Crippen LogP contribution < -0.4 is 14.5 Å². The fourth-order valence-corrected chi connectivity index (χ4v) is 5.49. The smallest absolute Gasteiger partial charge is 0.258 e. The number of benzene rings is 2. The van der Waals surface area contributed by atoms with Crippen molar-refractivity contribution in [2.24, 2.45) is 5.92 Å². The monoisotopic (exact) mass is 520 g/mol. The van der Waals surface area contributed by atoms with E-state index in [-0.39, 0.29) is 17.7 Å². The van der Waals surface area contributed by atoms with Crippen molar-refractivity contribution in [3.63, 3.8) is 0 Å². The van der Waals surface area contributed by atoms with Crippen molar-refractivity contribution in [3.05, 3.63) is 53.6 Å². The van der Waals surface area contributed by atoms with Gasteiger partial charge in [0, 0.05) is 57.1 Å². The van der Waals surface area contributed by atoms with Gasteiger partial charge in [-0.15, -0.1) is 0 Å². The third-order valence-corrected chi connectivity index (χ3v) is 7.62. The molecule has 2 aliphatic rings. The molecular weight excluding hydrogens is 476 g/mol. The van der Waals surface area contributed by atoms with E-state index in [1.807, 2.05) is 46.2 Å². The average Bonchev–Trinajstić information content (AvgIpc) is 2.95.